The molecule has 0 amide bonds. The largest absolute Gasteiger partial charge is 0.496 e. The van der Waals surface area contributed by atoms with Gasteiger partial charge in [0, 0.05) is 0 Å². The van der Waals surface area contributed by atoms with Gasteiger partial charge in [0.25, 0.3) is 0 Å². The molecule has 31 heavy (non-hydrogen) atoms. The Morgan fingerprint density at radius 3 is 2.29 bits per heavy atom. The zero-order valence-electron chi connectivity index (χ0n) is 17.1. The van der Waals surface area contributed by atoms with E-state index in [1.54, 1.807) is 27.4 Å². The van der Waals surface area contributed by atoms with Gasteiger partial charge in [-0.15, -0.1) is 0 Å². The predicted octanol–water partition coefficient (Wildman–Crippen LogP) is 5.51. The molecule has 0 aliphatic heterocycles. The molecule has 4 aromatic rings. The van der Waals surface area contributed by atoms with Crippen molar-refractivity contribution in [1.82, 2.24) is 5.16 Å². The summed E-state index contributed by atoms with van der Waals surface area (Å²) >= 11 is 1.31. The summed E-state index contributed by atoms with van der Waals surface area (Å²) in [5.74, 6) is 2.47. The third kappa shape index (κ3) is 3.96. The maximum absolute atomic E-state index is 9.18. The molecule has 7 nitrogen and oxygen atoms in total. The van der Waals surface area contributed by atoms with Gasteiger partial charge in [-0.1, -0.05) is 23.4 Å². The first-order valence-corrected chi connectivity index (χ1v) is 10.1. The fourth-order valence-electron chi connectivity index (χ4n) is 3.22. The van der Waals surface area contributed by atoms with Crippen LogP contribution in [0.1, 0.15) is 5.56 Å². The molecule has 0 aliphatic carbocycles. The second-order valence-electron chi connectivity index (χ2n) is 6.47. The molecule has 1 heterocycles. The maximum atomic E-state index is 9.18. The van der Waals surface area contributed by atoms with Crippen LogP contribution in [0.4, 0.5) is 5.82 Å². The lowest BCUT2D eigenvalue weighted by atomic mass is 10.0. The average molecular weight is 433 g/mol. The van der Waals surface area contributed by atoms with E-state index in [9.17, 15) is 5.26 Å². The molecule has 0 saturated carbocycles. The first kappa shape index (κ1) is 20.4. The molecule has 1 N–H and O–H groups in total. The number of nitrogens with one attached hydrogen (secondary N) is 1. The Bertz CT molecular complexity index is 1260. The molecular weight excluding hydrogens is 414 g/mol. The molecule has 0 spiro atoms. The number of rotatable bonds is 7. The van der Waals surface area contributed by atoms with Crippen LogP contribution < -0.4 is 18.9 Å². The van der Waals surface area contributed by atoms with E-state index in [0.29, 0.717) is 39.6 Å². The van der Waals surface area contributed by atoms with Crippen molar-refractivity contribution in [2.75, 3.05) is 26.1 Å². The second kappa shape index (κ2) is 8.90. The highest BCUT2D eigenvalue weighted by atomic mass is 32.2. The van der Waals surface area contributed by atoms with Crippen LogP contribution in [0.25, 0.3) is 22.1 Å². The SMILES string of the molecule is COc1cccc(OC)c1SNc1noc2cc(-c3cccc(C#N)c3)cc(OC)c12. The van der Waals surface area contributed by atoms with E-state index in [4.69, 9.17) is 18.7 Å². The fourth-order valence-corrected chi connectivity index (χ4v) is 4.06. The van der Waals surface area contributed by atoms with Crippen molar-refractivity contribution < 1.29 is 18.7 Å². The standard InChI is InChI=1S/C23H19N3O4S/c1-27-17-8-5-9-18(28-2)22(17)31-26-23-21-19(29-3)11-16(12-20(21)30-25-23)15-7-4-6-14(10-15)13-24/h4-12H,1-3H3,(H,25,26). The van der Waals surface area contributed by atoms with Crippen LogP contribution >= 0.6 is 11.9 Å². The molecule has 0 bridgehead atoms. The van der Waals surface area contributed by atoms with Gasteiger partial charge >= 0.3 is 0 Å². The number of hydrogen-bond donors (Lipinski definition) is 1. The molecule has 1 aromatic heterocycles. The van der Waals surface area contributed by atoms with Gasteiger partial charge in [-0.05, 0) is 59.5 Å². The second-order valence-corrected chi connectivity index (χ2v) is 7.29. The van der Waals surface area contributed by atoms with Crippen LogP contribution in [-0.2, 0) is 0 Å². The minimum Gasteiger partial charge on any atom is -0.496 e. The summed E-state index contributed by atoms with van der Waals surface area (Å²) in [5, 5.41) is 14.1. The number of benzene rings is 3. The lowest BCUT2D eigenvalue weighted by Crippen LogP contribution is -1.95. The van der Waals surface area contributed by atoms with Gasteiger partial charge in [0.2, 0.25) is 0 Å². The van der Waals surface area contributed by atoms with E-state index in [1.807, 2.05) is 48.5 Å². The van der Waals surface area contributed by atoms with E-state index in [2.05, 4.69) is 15.9 Å². The summed E-state index contributed by atoms with van der Waals surface area (Å²) < 4.78 is 25.3. The molecule has 156 valence electrons. The van der Waals surface area contributed by atoms with Crippen molar-refractivity contribution in [2.24, 2.45) is 0 Å². The van der Waals surface area contributed by atoms with Gasteiger partial charge in [0.1, 0.15) is 27.5 Å². The molecule has 0 fully saturated rings. The highest BCUT2D eigenvalue weighted by Gasteiger charge is 2.18. The van der Waals surface area contributed by atoms with Crippen molar-refractivity contribution in [3.05, 3.63) is 60.2 Å². The van der Waals surface area contributed by atoms with Gasteiger partial charge < -0.3 is 23.5 Å². The van der Waals surface area contributed by atoms with Gasteiger partial charge in [-0.25, -0.2) is 0 Å². The van der Waals surface area contributed by atoms with Crippen molar-refractivity contribution in [3.63, 3.8) is 0 Å². The Hall–Kier alpha value is -3.83. The van der Waals surface area contributed by atoms with Crippen LogP contribution in [0, 0.1) is 11.3 Å². The quantitative estimate of drug-likeness (QED) is 0.382. The summed E-state index contributed by atoms with van der Waals surface area (Å²) in [6, 6.07) is 18.9. The van der Waals surface area contributed by atoms with Crippen molar-refractivity contribution in [1.29, 1.82) is 5.26 Å². The van der Waals surface area contributed by atoms with Crippen molar-refractivity contribution in [2.45, 2.75) is 4.90 Å². The first-order valence-electron chi connectivity index (χ1n) is 9.30. The van der Waals surface area contributed by atoms with Gasteiger partial charge in [-0.3, -0.25) is 0 Å². The molecular formula is C23H19N3O4S. The molecule has 0 saturated heterocycles. The lowest BCUT2D eigenvalue weighted by molar-refractivity contribution is 0.376. The van der Waals surface area contributed by atoms with E-state index < -0.39 is 0 Å². The average Bonchev–Trinajstić information content (AvgIpc) is 3.24. The number of hydrogen-bond acceptors (Lipinski definition) is 8. The number of nitrogens with zero attached hydrogens (tertiary/aromatic N) is 2. The summed E-state index contributed by atoms with van der Waals surface area (Å²) in [7, 11) is 4.81. The van der Waals surface area contributed by atoms with Gasteiger partial charge in [-0.2, -0.15) is 5.26 Å². The Morgan fingerprint density at radius 1 is 0.903 bits per heavy atom. The minimum absolute atomic E-state index is 0.516. The predicted molar refractivity (Wildman–Crippen MR) is 120 cm³/mol. The van der Waals surface area contributed by atoms with E-state index >= 15 is 0 Å². The molecule has 8 heteroatoms. The fraction of sp³-hybridized carbons (Fsp3) is 0.130. The topological polar surface area (TPSA) is 89.5 Å². The van der Waals surface area contributed by atoms with E-state index in [-0.39, 0.29) is 0 Å². The smallest absolute Gasteiger partial charge is 0.191 e. The van der Waals surface area contributed by atoms with E-state index in [1.165, 1.54) is 11.9 Å². The molecule has 0 atom stereocenters. The van der Waals surface area contributed by atoms with Crippen LogP contribution in [0.3, 0.4) is 0 Å². The number of aromatic nitrogens is 1. The Labute approximate surface area is 183 Å². The highest BCUT2D eigenvalue weighted by Crippen LogP contribution is 2.41. The van der Waals surface area contributed by atoms with Crippen molar-refractivity contribution in [3.8, 4) is 34.4 Å². The molecule has 3 aromatic carbocycles. The zero-order chi connectivity index (χ0) is 21.8. The monoisotopic (exact) mass is 433 g/mol. The summed E-state index contributed by atoms with van der Waals surface area (Å²) in [6.07, 6.45) is 0. The Kier molecular flexibility index (Phi) is 5.87. The molecule has 0 unspecified atom stereocenters. The number of ether oxygens (including phenoxy) is 3. The van der Waals surface area contributed by atoms with Crippen molar-refractivity contribution >= 4 is 28.7 Å². The third-order valence-corrected chi connectivity index (χ3v) is 5.62. The number of nitriles is 1. The Morgan fingerprint density at radius 2 is 1.61 bits per heavy atom. The lowest BCUT2D eigenvalue weighted by Gasteiger charge is -2.12. The third-order valence-electron chi connectivity index (χ3n) is 4.72. The number of methoxy groups -OCH3 is 3. The van der Waals surface area contributed by atoms with Gasteiger partial charge in [0.15, 0.2) is 11.4 Å². The zero-order valence-corrected chi connectivity index (χ0v) is 17.9. The maximum Gasteiger partial charge on any atom is 0.191 e. The first-order chi connectivity index (χ1) is 15.2. The van der Waals surface area contributed by atoms with Crippen LogP contribution in [0.2, 0.25) is 0 Å². The normalized spacial score (nSPS) is 10.5. The molecule has 0 aliphatic rings. The number of anilines is 1. The minimum atomic E-state index is 0.516. The number of fused-ring (bicyclic) bond motifs is 1. The molecule has 4 rings (SSSR count). The highest BCUT2D eigenvalue weighted by molar-refractivity contribution is 8.00. The van der Waals surface area contributed by atoms with Gasteiger partial charge in [0.05, 0.1) is 33.0 Å². The van der Waals surface area contributed by atoms with Crippen LogP contribution in [-0.4, -0.2) is 26.5 Å². The van der Waals surface area contributed by atoms with Crippen LogP contribution in [0.5, 0.6) is 17.2 Å². The summed E-state index contributed by atoms with van der Waals surface area (Å²) in [4.78, 5) is 0.785. The Balaban J connectivity index is 1.71. The summed E-state index contributed by atoms with van der Waals surface area (Å²) in [6.45, 7) is 0. The van der Waals surface area contributed by atoms with Crippen LogP contribution in [0.15, 0.2) is 64.0 Å². The van der Waals surface area contributed by atoms with E-state index in [0.717, 1.165) is 16.0 Å². The molecule has 0 radical (unpaired) electrons. The summed E-state index contributed by atoms with van der Waals surface area (Å²) in [5.41, 5.74) is 2.90.